The van der Waals surface area contributed by atoms with E-state index in [1.807, 2.05) is 0 Å². The van der Waals surface area contributed by atoms with Crippen LogP contribution in [0.4, 0.5) is 11.4 Å². The number of nitrogens with one attached hydrogen (secondary N) is 3. The Labute approximate surface area is 175 Å². The van der Waals surface area contributed by atoms with Crippen LogP contribution in [0.1, 0.15) is 0 Å². The fourth-order valence-electron chi connectivity index (χ4n) is 2.99. The number of hydrogen-bond donors (Lipinski definition) is 3. The van der Waals surface area contributed by atoms with Crippen molar-refractivity contribution in [2.45, 2.75) is 12.1 Å². The fraction of sp³-hybridized carbons (Fsp3) is 0.158. The summed E-state index contributed by atoms with van der Waals surface area (Å²) in [5.41, 5.74) is 8.01. The maximum absolute atomic E-state index is 12.6. The number of benzene rings is 2. The molecule has 158 valence electrons. The van der Waals surface area contributed by atoms with E-state index in [9.17, 15) is 19.2 Å². The van der Waals surface area contributed by atoms with Crippen molar-refractivity contribution in [3.63, 3.8) is 0 Å². The molecule has 3 N–H and O–H groups in total. The fourth-order valence-corrected chi connectivity index (χ4v) is 2.99. The number of ether oxygens (including phenoxy) is 1. The molecule has 2 unspecified atom stereocenters. The van der Waals surface area contributed by atoms with Gasteiger partial charge < -0.3 is 4.74 Å². The van der Waals surface area contributed by atoms with Gasteiger partial charge in [-0.2, -0.15) is 0 Å². The van der Waals surface area contributed by atoms with Gasteiger partial charge in [0, 0.05) is 0 Å². The third kappa shape index (κ3) is 3.73. The summed E-state index contributed by atoms with van der Waals surface area (Å²) >= 11 is 0. The van der Waals surface area contributed by atoms with Crippen molar-refractivity contribution >= 4 is 35.0 Å². The highest BCUT2D eigenvalue weighted by atomic mass is 16.5. The second-order valence-electron chi connectivity index (χ2n) is 6.51. The van der Waals surface area contributed by atoms with Crippen LogP contribution in [0.15, 0.2) is 64.9 Å². The van der Waals surface area contributed by atoms with E-state index < -0.39 is 35.7 Å². The van der Waals surface area contributed by atoms with Crippen molar-refractivity contribution in [2.75, 3.05) is 17.1 Å². The van der Waals surface area contributed by atoms with E-state index >= 15 is 0 Å². The van der Waals surface area contributed by atoms with Crippen molar-refractivity contribution in [3.05, 3.63) is 54.6 Å². The van der Waals surface area contributed by atoms with Crippen LogP contribution in [-0.2, 0) is 19.2 Å². The van der Waals surface area contributed by atoms with Crippen molar-refractivity contribution in [1.29, 1.82) is 0 Å². The van der Waals surface area contributed by atoms with Crippen LogP contribution in [-0.4, -0.2) is 42.8 Å². The van der Waals surface area contributed by atoms with Crippen LogP contribution in [0.5, 0.6) is 5.75 Å². The summed E-state index contributed by atoms with van der Waals surface area (Å²) in [5.74, 6) is -2.00. The number of nitrogens with zero attached hydrogens (tertiary/aromatic N) is 4. The van der Waals surface area contributed by atoms with Crippen LogP contribution in [0.3, 0.4) is 0 Å². The molecule has 12 nitrogen and oxygen atoms in total. The normalized spacial score (nSPS) is 20.9. The highest BCUT2D eigenvalue weighted by Crippen LogP contribution is 2.21. The molecule has 2 atom stereocenters. The molecule has 2 aliphatic rings. The van der Waals surface area contributed by atoms with Gasteiger partial charge in [-0.15, -0.1) is 5.11 Å². The Morgan fingerprint density at radius 2 is 1.45 bits per heavy atom. The second-order valence-corrected chi connectivity index (χ2v) is 6.51. The quantitative estimate of drug-likeness (QED) is 0.335. The summed E-state index contributed by atoms with van der Waals surface area (Å²) in [6.45, 7) is 0. The number of hydrogen-bond acceptors (Lipinski definition) is 7. The molecule has 2 heterocycles. The zero-order chi connectivity index (χ0) is 22.0. The molecular formula is C19H17N7O5. The largest absolute Gasteiger partial charge is 0.497 e. The molecular weight excluding hydrogens is 406 g/mol. The summed E-state index contributed by atoms with van der Waals surface area (Å²) in [7, 11) is 1.51. The van der Waals surface area contributed by atoms with Crippen LogP contribution in [0.2, 0.25) is 0 Å². The van der Waals surface area contributed by atoms with Gasteiger partial charge in [-0.25, -0.2) is 10.0 Å². The number of para-hydroxylation sites is 1. The number of hydrazine groups is 2. The Morgan fingerprint density at radius 1 is 0.839 bits per heavy atom. The number of anilines is 2. The maximum Gasteiger partial charge on any atom is 0.282 e. The maximum atomic E-state index is 12.6. The molecule has 2 aliphatic heterocycles. The molecule has 0 aliphatic carbocycles. The molecule has 31 heavy (non-hydrogen) atoms. The Balaban J connectivity index is 1.41. The topological polar surface area (TPSA) is 145 Å². The summed E-state index contributed by atoms with van der Waals surface area (Å²) in [4.78, 5) is 49.3. The predicted octanol–water partition coefficient (Wildman–Crippen LogP) is -0.155. The minimum Gasteiger partial charge on any atom is -0.497 e. The molecule has 0 saturated carbocycles. The zero-order valence-corrected chi connectivity index (χ0v) is 16.2. The summed E-state index contributed by atoms with van der Waals surface area (Å²) in [5, 5.41) is 9.33. The molecule has 2 saturated heterocycles. The molecule has 2 aromatic carbocycles. The van der Waals surface area contributed by atoms with Gasteiger partial charge in [-0.3, -0.25) is 35.5 Å². The molecule has 2 aromatic rings. The number of methoxy groups -OCH3 is 1. The van der Waals surface area contributed by atoms with Gasteiger partial charge >= 0.3 is 0 Å². The first kappa shape index (κ1) is 19.8. The summed E-state index contributed by atoms with van der Waals surface area (Å²) < 4.78 is 5.06. The number of carbonyl (C=O) groups excluding carboxylic acids is 4. The van der Waals surface area contributed by atoms with Crippen molar-refractivity contribution in [3.8, 4) is 5.75 Å². The van der Waals surface area contributed by atoms with Gasteiger partial charge in [0.2, 0.25) is 12.1 Å². The number of rotatable bonds is 6. The Kier molecular flexibility index (Phi) is 5.18. The lowest BCUT2D eigenvalue weighted by atomic mass is 10.2. The smallest absolute Gasteiger partial charge is 0.282 e. The van der Waals surface area contributed by atoms with Gasteiger partial charge in [-0.1, -0.05) is 23.4 Å². The van der Waals surface area contributed by atoms with E-state index in [2.05, 4.69) is 26.6 Å². The molecule has 12 heteroatoms. The highest BCUT2D eigenvalue weighted by Gasteiger charge is 2.42. The van der Waals surface area contributed by atoms with Gasteiger partial charge in [0.15, 0.2) is 0 Å². The Bertz CT molecular complexity index is 1060. The molecule has 4 amide bonds. The zero-order valence-electron chi connectivity index (χ0n) is 16.2. The molecule has 4 rings (SSSR count). The molecule has 0 radical (unpaired) electrons. The minimum absolute atomic E-state index is 0.421. The van der Waals surface area contributed by atoms with Gasteiger partial charge in [0.1, 0.15) is 5.75 Å². The standard InChI is InChI=1S/C19H17N7O5/c1-31-13-9-7-12(8-10-13)26-19(30)15(17(28)23-26)21-24-20-14-16(27)22-25(18(14)29)11-5-3-2-4-6-11/h2-10,14-15H,1H3,(H,20,21)(H,22,27)(H,23,28). The lowest BCUT2D eigenvalue weighted by Gasteiger charge is -2.15. The third-order valence-electron chi connectivity index (χ3n) is 4.58. The molecule has 0 spiro atoms. The average molecular weight is 423 g/mol. The van der Waals surface area contributed by atoms with Gasteiger partial charge in [0.05, 0.1) is 18.5 Å². The summed E-state index contributed by atoms with van der Waals surface area (Å²) in [6, 6.07) is 12.1. The SMILES string of the molecule is COc1ccc(N2NC(=O)C(NN=NC3C(=O)NN(c4ccccc4)C3=O)C2=O)cc1. The predicted molar refractivity (Wildman–Crippen MR) is 106 cm³/mol. The lowest BCUT2D eigenvalue weighted by Crippen LogP contribution is -2.38. The first-order chi connectivity index (χ1) is 15.0. The average Bonchev–Trinajstić information content (AvgIpc) is 3.24. The van der Waals surface area contributed by atoms with E-state index in [1.54, 1.807) is 54.6 Å². The molecule has 2 fully saturated rings. The second kappa shape index (κ2) is 8.10. The summed E-state index contributed by atoms with van der Waals surface area (Å²) in [6.07, 6.45) is 0. The van der Waals surface area contributed by atoms with Crippen molar-refractivity contribution in [1.82, 2.24) is 16.3 Å². The van der Waals surface area contributed by atoms with Crippen LogP contribution in [0, 0.1) is 0 Å². The van der Waals surface area contributed by atoms with Gasteiger partial charge in [0.25, 0.3) is 23.6 Å². The number of amides is 4. The van der Waals surface area contributed by atoms with Crippen LogP contribution >= 0.6 is 0 Å². The van der Waals surface area contributed by atoms with Crippen molar-refractivity contribution in [2.24, 2.45) is 10.3 Å². The first-order valence-electron chi connectivity index (χ1n) is 9.13. The van der Waals surface area contributed by atoms with E-state index in [0.29, 0.717) is 17.1 Å². The Hall–Kier alpha value is -4.48. The molecule has 0 aromatic heterocycles. The van der Waals surface area contributed by atoms with E-state index in [1.165, 1.54) is 7.11 Å². The highest BCUT2D eigenvalue weighted by molar-refractivity contribution is 6.18. The third-order valence-corrected chi connectivity index (χ3v) is 4.58. The van der Waals surface area contributed by atoms with Gasteiger partial charge in [-0.05, 0) is 36.4 Å². The van der Waals surface area contributed by atoms with Crippen LogP contribution < -0.4 is 31.0 Å². The lowest BCUT2D eigenvalue weighted by molar-refractivity contribution is -0.125. The minimum atomic E-state index is -1.44. The monoisotopic (exact) mass is 423 g/mol. The van der Waals surface area contributed by atoms with Crippen LogP contribution in [0.25, 0.3) is 0 Å². The number of carbonyl (C=O) groups is 4. The first-order valence-corrected chi connectivity index (χ1v) is 9.13. The Morgan fingerprint density at radius 3 is 2.13 bits per heavy atom. The van der Waals surface area contributed by atoms with E-state index in [-0.39, 0.29) is 0 Å². The van der Waals surface area contributed by atoms with E-state index in [0.717, 1.165) is 10.0 Å². The molecule has 0 bridgehead atoms. The van der Waals surface area contributed by atoms with Crippen molar-refractivity contribution < 1.29 is 23.9 Å². The van der Waals surface area contributed by atoms with E-state index in [4.69, 9.17) is 4.74 Å².